The van der Waals surface area contributed by atoms with Crippen molar-refractivity contribution in [2.45, 2.75) is 62.4 Å². The lowest BCUT2D eigenvalue weighted by Gasteiger charge is -2.38. The first kappa shape index (κ1) is 15.1. The summed E-state index contributed by atoms with van der Waals surface area (Å²) < 4.78 is 13.3. The molecule has 3 aliphatic rings. The van der Waals surface area contributed by atoms with Gasteiger partial charge in [0.05, 0.1) is 5.41 Å². The molecule has 1 amide bonds. The molecule has 1 aromatic rings. The smallest absolute Gasteiger partial charge is 0.233 e. The highest BCUT2D eigenvalue weighted by Crippen LogP contribution is 2.45. The highest BCUT2D eigenvalue weighted by atomic mass is 19.1. The van der Waals surface area contributed by atoms with Crippen molar-refractivity contribution in [3.63, 3.8) is 0 Å². The minimum absolute atomic E-state index is 0.228. The summed E-state index contributed by atoms with van der Waals surface area (Å²) in [7, 11) is 0. The molecule has 2 bridgehead atoms. The standard InChI is InChI=1S/C19H25FN2O/c20-15-5-3-14(4-6-15)19(10-1-2-11-19)18(23)22-16-7-8-17(22)13-21-12-9-16/h3-6,16-17,21H,1-2,7-13H2. The van der Waals surface area contributed by atoms with Crippen molar-refractivity contribution in [2.75, 3.05) is 13.1 Å². The number of rotatable bonds is 2. The van der Waals surface area contributed by atoms with Crippen LogP contribution in [0.15, 0.2) is 24.3 Å². The summed E-state index contributed by atoms with van der Waals surface area (Å²) in [6.07, 6.45) is 7.29. The summed E-state index contributed by atoms with van der Waals surface area (Å²) in [6, 6.07) is 7.39. The molecule has 1 N–H and O–H groups in total. The maximum absolute atomic E-state index is 13.6. The van der Waals surface area contributed by atoms with E-state index in [0.717, 1.165) is 63.6 Å². The predicted molar refractivity (Wildman–Crippen MR) is 87.7 cm³/mol. The second kappa shape index (κ2) is 5.90. The van der Waals surface area contributed by atoms with Gasteiger partial charge in [0.15, 0.2) is 0 Å². The molecular formula is C19H25FN2O. The number of hydrogen-bond acceptors (Lipinski definition) is 2. The first-order chi connectivity index (χ1) is 11.2. The summed E-state index contributed by atoms with van der Waals surface area (Å²) in [4.78, 5) is 15.8. The second-order valence-electron chi connectivity index (χ2n) is 7.39. The monoisotopic (exact) mass is 316 g/mol. The van der Waals surface area contributed by atoms with Crippen LogP contribution in [0.5, 0.6) is 0 Å². The van der Waals surface area contributed by atoms with Crippen LogP contribution < -0.4 is 5.32 Å². The van der Waals surface area contributed by atoms with Gasteiger partial charge in [-0.25, -0.2) is 4.39 Å². The minimum Gasteiger partial charge on any atom is -0.335 e. The minimum atomic E-state index is -0.418. The Kier molecular flexibility index (Phi) is 3.88. The number of halogens is 1. The molecule has 1 saturated carbocycles. The van der Waals surface area contributed by atoms with Gasteiger partial charge in [-0.05, 0) is 56.3 Å². The van der Waals surface area contributed by atoms with E-state index in [4.69, 9.17) is 0 Å². The van der Waals surface area contributed by atoms with Crippen LogP contribution in [0.1, 0.15) is 50.5 Å². The molecule has 0 aromatic heterocycles. The summed E-state index contributed by atoms with van der Waals surface area (Å²) in [5.74, 6) is 0.0752. The van der Waals surface area contributed by atoms with Crippen LogP contribution in [0.25, 0.3) is 0 Å². The number of hydrogen-bond donors (Lipinski definition) is 1. The Morgan fingerprint density at radius 1 is 1.09 bits per heavy atom. The van der Waals surface area contributed by atoms with Gasteiger partial charge in [0, 0.05) is 18.6 Å². The summed E-state index contributed by atoms with van der Waals surface area (Å²) in [6.45, 7) is 1.93. The van der Waals surface area contributed by atoms with Gasteiger partial charge in [-0.15, -0.1) is 0 Å². The molecule has 2 saturated heterocycles. The van der Waals surface area contributed by atoms with E-state index in [1.807, 2.05) is 12.1 Å². The van der Waals surface area contributed by atoms with E-state index in [-0.39, 0.29) is 5.82 Å². The Morgan fingerprint density at radius 3 is 2.52 bits per heavy atom. The zero-order chi connectivity index (χ0) is 15.9. The lowest BCUT2D eigenvalue weighted by atomic mass is 9.77. The fraction of sp³-hybridized carbons (Fsp3) is 0.632. The van der Waals surface area contributed by atoms with Crippen molar-refractivity contribution in [3.8, 4) is 0 Å². The van der Waals surface area contributed by atoms with Gasteiger partial charge in [0.25, 0.3) is 0 Å². The molecule has 0 spiro atoms. The number of benzene rings is 1. The Balaban J connectivity index is 1.70. The Bertz CT molecular complexity index is 566. The molecule has 4 heteroatoms. The van der Waals surface area contributed by atoms with E-state index in [9.17, 15) is 9.18 Å². The highest BCUT2D eigenvalue weighted by molar-refractivity contribution is 5.89. The third-order valence-electron chi connectivity index (χ3n) is 6.15. The van der Waals surface area contributed by atoms with Crippen molar-refractivity contribution in [3.05, 3.63) is 35.6 Å². The van der Waals surface area contributed by atoms with E-state index < -0.39 is 5.41 Å². The average Bonchev–Trinajstić information content (AvgIpc) is 3.12. The van der Waals surface area contributed by atoms with Gasteiger partial charge in [0.1, 0.15) is 5.82 Å². The molecule has 23 heavy (non-hydrogen) atoms. The van der Waals surface area contributed by atoms with Gasteiger partial charge >= 0.3 is 0 Å². The van der Waals surface area contributed by atoms with Crippen molar-refractivity contribution in [2.24, 2.45) is 0 Å². The Hall–Kier alpha value is -1.42. The SMILES string of the molecule is O=C(N1C2CCNCC1CC2)C1(c2ccc(F)cc2)CCCC1. The third-order valence-corrected chi connectivity index (χ3v) is 6.15. The van der Waals surface area contributed by atoms with Crippen LogP contribution in [0.3, 0.4) is 0 Å². The molecule has 0 radical (unpaired) electrons. The van der Waals surface area contributed by atoms with Crippen LogP contribution in [-0.2, 0) is 10.2 Å². The molecule has 4 rings (SSSR count). The van der Waals surface area contributed by atoms with Crippen molar-refractivity contribution < 1.29 is 9.18 Å². The van der Waals surface area contributed by atoms with Gasteiger partial charge in [0.2, 0.25) is 5.91 Å². The van der Waals surface area contributed by atoms with Gasteiger partial charge < -0.3 is 10.2 Å². The van der Waals surface area contributed by atoms with Gasteiger partial charge in [-0.3, -0.25) is 4.79 Å². The second-order valence-corrected chi connectivity index (χ2v) is 7.39. The molecule has 1 aromatic carbocycles. The van der Waals surface area contributed by atoms with E-state index in [2.05, 4.69) is 10.2 Å². The fourth-order valence-corrected chi connectivity index (χ4v) is 4.93. The first-order valence-electron chi connectivity index (χ1n) is 9.00. The predicted octanol–water partition coefficient (Wildman–Crippen LogP) is 2.99. The van der Waals surface area contributed by atoms with E-state index in [0.29, 0.717) is 18.0 Å². The Morgan fingerprint density at radius 2 is 1.78 bits per heavy atom. The summed E-state index contributed by atoms with van der Waals surface area (Å²) in [5, 5.41) is 3.47. The number of nitrogens with zero attached hydrogens (tertiary/aromatic N) is 1. The van der Waals surface area contributed by atoms with Crippen LogP contribution in [0.2, 0.25) is 0 Å². The zero-order valence-corrected chi connectivity index (χ0v) is 13.6. The van der Waals surface area contributed by atoms with Crippen LogP contribution in [-0.4, -0.2) is 36.0 Å². The van der Waals surface area contributed by atoms with E-state index >= 15 is 0 Å². The molecule has 3 nitrogen and oxygen atoms in total. The van der Waals surface area contributed by atoms with Crippen LogP contribution in [0, 0.1) is 5.82 Å². The molecule has 3 fully saturated rings. The maximum atomic E-state index is 13.6. The lowest BCUT2D eigenvalue weighted by molar-refractivity contribution is -0.140. The fourth-order valence-electron chi connectivity index (χ4n) is 4.93. The molecule has 124 valence electrons. The van der Waals surface area contributed by atoms with Crippen molar-refractivity contribution >= 4 is 5.91 Å². The molecule has 1 aliphatic carbocycles. The number of nitrogens with one attached hydrogen (secondary N) is 1. The molecular weight excluding hydrogens is 291 g/mol. The Labute approximate surface area is 137 Å². The highest BCUT2D eigenvalue weighted by Gasteiger charge is 2.49. The topological polar surface area (TPSA) is 32.3 Å². The molecule has 2 unspecified atom stereocenters. The number of fused-ring (bicyclic) bond motifs is 2. The number of carbonyl (C=O) groups excluding carboxylic acids is 1. The molecule has 2 atom stereocenters. The number of carbonyl (C=O) groups is 1. The van der Waals surface area contributed by atoms with Crippen molar-refractivity contribution in [1.29, 1.82) is 0 Å². The van der Waals surface area contributed by atoms with E-state index in [1.165, 1.54) is 12.1 Å². The summed E-state index contributed by atoms with van der Waals surface area (Å²) >= 11 is 0. The average molecular weight is 316 g/mol. The quantitative estimate of drug-likeness (QED) is 0.910. The van der Waals surface area contributed by atoms with Crippen LogP contribution in [0.4, 0.5) is 4.39 Å². The maximum Gasteiger partial charge on any atom is 0.233 e. The van der Waals surface area contributed by atoms with Crippen molar-refractivity contribution in [1.82, 2.24) is 10.2 Å². The molecule has 2 heterocycles. The molecule has 2 aliphatic heterocycles. The zero-order valence-electron chi connectivity index (χ0n) is 13.6. The van der Waals surface area contributed by atoms with Gasteiger partial charge in [-0.1, -0.05) is 25.0 Å². The van der Waals surface area contributed by atoms with Gasteiger partial charge in [-0.2, -0.15) is 0 Å². The third kappa shape index (κ3) is 2.47. The summed E-state index contributed by atoms with van der Waals surface area (Å²) in [5.41, 5.74) is 0.594. The largest absolute Gasteiger partial charge is 0.335 e. The lowest BCUT2D eigenvalue weighted by Crippen LogP contribution is -2.51. The first-order valence-corrected chi connectivity index (χ1v) is 9.00. The normalized spacial score (nSPS) is 29.5. The van der Waals surface area contributed by atoms with E-state index in [1.54, 1.807) is 0 Å². The van der Waals surface area contributed by atoms with Crippen LogP contribution >= 0.6 is 0 Å². The number of amides is 1.